The van der Waals surface area contributed by atoms with Gasteiger partial charge in [0.05, 0.1) is 12.0 Å². The predicted octanol–water partition coefficient (Wildman–Crippen LogP) is 3.75. The highest BCUT2D eigenvalue weighted by molar-refractivity contribution is 5.83. The van der Waals surface area contributed by atoms with Gasteiger partial charge in [0.2, 0.25) is 5.91 Å². The summed E-state index contributed by atoms with van der Waals surface area (Å²) in [5.41, 5.74) is 3.17. The third-order valence-electron chi connectivity index (χ3n) is 4.60. The Morgan fingerprint density at radius 3 is 2.67 bits per heavy atom. The third kappa shape index (κ3) is 3.34. The molecule has 2 aromatic rings. The van der Waals surface area contributed by atoms with Gasteiger partial charge in [0.1, 0.15) is 11.9 Å². The van der Waals surface area contributed by atoms with E-state index in [1.54, 1.807) is 12.1 Å². The minimum absolute atomic E-state index is 0.0656. The summed E-state index contributed by atoms with van der Waals surface area (Å²) in [6.45, 7) is 4.39. The van der Waals surface area contributed by atoms with E-state index in [0.717, 1.165) is 17.5 Å². The number of nitrogens with one attached hydrogen (secondary N) is 1. The second-order valence-corrected chi connectivity index (χ2v) is 6.17. The van der Waals surface area contributed by atoms with Crippen molar-refractivity contribution in [1.82, 2.24) is 5.32 Å². The van der Waals surface area contributed by atoms with Gasteiger partial charge in [-0.1, -0.05) is 36.4 Å². The van der Waals surface area contributed by atoms with Crippen LogP contribution >= 0.6 is 0 Å². The van der Waals surface area contributed by atoms with E-state index < -0.39 is 0 Å². The number of rotatable bonds is 5. The average Bonchev–Trinajstić information content (AvgIpc) is 2.93. The van der Waals surface area contributed by atoms with Crippen molar-refractivity contribution in [3.8, 4) is 0 Å². The molecule has 1 N–H and O–H groups in total. The molecule has 1 unspecified atom stereocenters. The van der Waals surface area contributed by atoms with Gasteiger partial charge in [0.15, 0.2) is 0 Å². The Balaban J connectivity index is 1.73. The summed E-state index contributed by atoms with van der Waals surface area (Å²) >= 11 is 0. The molecule has 24 heavy (non-hydrogen) atoms. The summed E-state index contributed by atoms with van der Waals surface area (Å²) in [5, 5.41) is 3.12. The molecule has 3 rings (SSSR count). The molecule has 0 heterocycles. The maximum absolute atomic E-state index is 13.0. The Morgan fingerprint density at radius 1 is 1.25 bits per heavy atom. The van der Waals surface area contributed by atoms with Crippen LogP contribution in [0.1, 0.15) is 42.6 Å². The number of carbonyl (C=O) groups excluding carboxylic acids is 1. The zero-order chi connectivity index (χ0) is 17.1. The molecular weight excluding hydrogens is 305 g/mol. The number of amides is 1. The van der Waals surface area contributed by atoms with Crippen LogP contribution in [0, 0.1) is 5.82 Å². The fraction of sp³-hybridized carbons (Fsp3) is 0.350. The molecule has 1 aliphatic rings. The highest BCUT2D eigenvalue weighted by atomic mass is 19.1. The molecule has 1 aliphatic carbocycles. The molecule has 0 saturated carbocycles. The zero-order valence-corrected chi connectivity index (χ0v) is 14.0. The Kier molecular flexibility index (Phi) is 4.95. The number of carbonyl (C=O) groups is 1. The molecule has 0 bridgehead atoms. The van der Waals surface area contributed by atoms with Crippen LogP contribution in [-0.4, -0.2) is 18.6 Å². The maximum atomic E-state index is 13.0. The summed E-state index contributed by atoms with van der Waals surface area (Å²) in [6, 6.07) is 14.1. The van der Waals surface area contributed by atoms with Gasteiger partial charge in [-0.3, -0.25) is 4.79 Å². The van der Waals surface area contributed by atoms with Crippen molar-refractivity contribution in [3.05, 3.63) is 71.0 Å². The van der Waals surface area contributed by atoms with Gasteiger partial charge in [-0.05, 0) is 49.1 Å². The molecule has 0 aromatic heterocycles. The van der Waals surface area contributed by atoms with E-state index in [-0.39, 0.29) is 29.8 Å². The van der Waals surface area contributed by atoms with Crippen LogP contribution < -0.4 is 5.32 Å². The smallest absolute Gasteiger partial charge is 0.227 e. The molecule has 0 radical (unpaired) electrons. The molecule has 3 atom stereocenters. The van der Waals surface area contributed by atoms with Gasteiger partial charge in [0.25, 0.3) is 0 Å². The monoisotopic (exact) mass is 327 g/mol. The van der Waals surface area contributed by atoms with Crippen molar-refractivity contribution in [1.29, 1.82) is 0 Å². The van der Waals surface area contributed by atoms with Crippen molar-refractivity contribution < 1.29 is 13.9 Å². The number of fused-ring (bicyclic) bond motifs is 1. The highest BCUT2D eigenvalue weighted by Gasteiger charge is 2.34. The number of benzene rings is 2. The molecule has 0 spiro atoms. The molecule has 0 saturated heterocycles. The van der Waals surface area contributed by atoms with Crippen molar-refractivity contribution in [3.63, 3.8) is 0 Å². The summed E-state index contributed by atoms with van der Waals surface area (Å²) in [6.07, 6.45) is 0.651. The van der Waals surface area contributed by atoms with Crippen LogP contribution in [0.25, 0.3) is 0 Å². The van der Waals surface area contributed by atoms with Gasteiger partial charge in [-0.2, -0.15) is 0 Å². The normalized spacial score (nSPS) is 20.5. The van der Waals surface area contributed by atoms with Crippen LogP contribution in [0.15, 0.2) is 48.5 Å². The molecule has 126 valence electrons. The Bertz CT molecular complexity index is 714. The van der Waals surface area contributed by atoms with E-state index in [1.807, 2.05) is 26.0 Å². The fourth-order valence-electron chi connectivity index (χ4n) is 3.28. The summed E-state index contributed by atoms with van der Waals surface area (Å²) in [7, 11) is 0. The predicted molar refractivity (Wildman–Crippen MR) is 91.3 cm³/mol. The second kappa shape index (κ2) is 7.14. The molecule has 2 aromatic carbocycles. The van der Waals surface area contributed by atoms with E-state index in [0.29, 0.717) is 6.61 Å². The summed E-state index contributed by atoms with van der Waals surface area (Å²) in [5.74, 6) is -0.699. The number of hydrogen-bond donors (Lipinski definition) is 1. The minimum Gasteiger partial charge on any atom is -0.372 e. The standard InChI is InChI=1S/C20H22FNO2/c1-3-24-19-17-7-5-4-6-15(17)12-18(19)22-20(23)13(2)14-8-10-16(21)11-9-14/h4-11,13,18-19H,3,12H2,1-2H3,(H,22,23)/t13?,18-,19-/m1/s1. The second-order valence-electron chi connectivity index (χ2n) is 6.17. The van der Waals surface area contributed by atoms with Crippen LogP contribution in [0.3, 0.4) is 0 Å². The molecule has 0 fully saturated rings. The minimum atomic E-state index is -0.336. The lowest BCUT2D eigenvalue weighted by Crippen LogP contribution is -2.40. The van der Waals surface area contributed by atoms with E-state index >= 15 is 0 Å². The topological polar surface area (TPSA) is 38.3 Å². The Hall–Kier alpha value is -2.20. The number of hydrogen-bond acceptors (Lipinski definition) is 2. The van der Waals surface area contributed by atoms with Gasteiger partial charge in [0, 0.05) is 6.61 Å². The first-order valence-corrected chi connectivity index (χ1v) is 8.35. The van der Waals surface area contributed by atoms with E-state index in [9.17, 15) is 9.18 Å². The number of ether oxygens (including phenoxy) is 1. The number of halogens is 1. The fourth-order valence-corrected chi connectivity index (χ4v) is 3.28. The lowest BCUT2D eigenvalue weighted by atomic mass is 9.99. The molecule has 3 nitrogen and oxygen atoms in total. The van der Waals surface area contributed by atoms with Crippen molar-refractivity contribution in [2.45, 2.75) is 38.3 Å². The average molecular weight is 327 g/mol. The van der Waals surface area contributed by atoms with Gasteiger partial charge < -0.3 is 10.1 Å². The van der Waals surface area contributed by atoms with Crippen LogP contribution in [0.4, 0.5) is 4.39 Å². The van der Waals surface area contributed by atoms with E-state index in [1.165, 1.54) is 17.7 Å². The lowest BCUT2D eigenvalue weighted by Gasteiger charge is -2.23. The van der Waals surface area contributed by atoms with Gasteiger partial charge >= 0.3 is 0 Å². The molecule has 1 amide bonds. The Morgan fingerprint density at radius 2 is 1.96 bits per heavy atom. The highest BCUT2D eigenvalue weighted by Crippen LogP contribution is 2.34. The van der Waals surface area contributed by atoms with Crippen molar-refractivity contribution in [2.24, 2.45) is 0 Å². The first-order valence-electron chi connectivity index (χ1n) is 8.35. The van der Waals surface area contributed by atoms with Crippen LogP contribution in [0.5, 0.6) is 0 Å². The van der Waals surface area contributed by atoms with E-state index in [4.69, 9.17) is 4.74 Å². The third-order valence-corrected chi connectivity index (χ3v) is 4.60. The summed E-state index contributed by atoms with van der Waals surface area (Å²) < 4.78 is 18.9. The van der Waals surface area contributed by atoms with Crippen molar-refractivity contribution >= 4 is 5.91 Å². The zero-order valence-electron chi connectivity index (χ0n) is 14.0. The van der Waals surface area contributed by atoms with Crippen LogP contribution in [-0.2, 0) is 16.0 Å². The maximum Gasteiger partial charge on any atom is 0.227 e. The Labute approximate surface area is 141 Å². The summed E-state index contributed by atoms with van der Waals surface area (Å²) in [4.78, 5) is 12.6. The first-order chi connectivity index (χ1) is 11.6. The quantitative estimate of drug-likeness (QED) is 0.908. The van der Waals surface area contributed by atoms with Gasteiger partial charge in [-0.15, -0.1) is 0 Å². The molecular formula is C20H22FNO2. The van der Waals surface area contributed by atoms with Crippen molar-refractivity contribution in [2.75, 3.05) is 6.61 Å². The molecule has 0 aliphatic heterocycles. The van der Waals surface area contributed by atoms with E-state index in [2.05, 4.69) is 17.4 Å². The van der Waals surface area contributed by atoms with Crippen LogP contribution in [0.2, 0.25) is 0 Å². The SMILES string of the molecule is CCO[C@@H]1c2ccccc2C[C@H]1NC(=O)C(C)c1ccc(F)cc1. The van der Waals surface area contributed by atoms with Gasteiger partial charge in [-0.25, -0.2) is 4.39 Å². The first kappa shape index (κ1) is 16.7. The molecule has 4 heteroatoms. The lowest BCUT2D eigenvalue weighted by molar-refractivity contribution is -0.124. The largest absolute Gasteiger partial charge is 0.372 e.